The number of carbonyl (C=O) groups excluding carboxylic acids is 2. The van der Waals surface area contributed by atoms with Gasteiger partial charge in [-0.25, -0.2) is 4.79 Å². The first kappa shape index (κ1) is 19.8. The summed E-state index contributed by atoms with van der Waals surface area (Å²) < 4.78 is 10.5. The van der Waals surface area contributed by atoms with Crippen LogP contribution >= 0.6 is 11.6 Å². The molecule has 138 valence electrons. The number of para-hydroxylation sites is 1. The fraction of sp³-hybridized carbons (Fsp3) is 0.300. The average molecular weight is 376 g/mol. The van der Waals surface area contributed by atoms with Crippen LogP contribution in [0.5, 0.6) is 5.75 Å². The first-order valence-corrected chi connectivity index (χ1v) is 8.75. The summed E-state index contributed by atoms with van der Waals surface area (Å²) in [6.07, 6.45) is -0.0624. The molecule has 1 atom stereocenters. The normalized spacial score (nSPS) is 11.5. The van der Waals surface area contributed by atoms with Crippen molar-refractivity contribution in [1.82, 2.24) is 0 Å². The zero-order valence-electron chi connectivity index (χ0n) is 15.0. The Hall–Kier alpha value is -2.53. The van der Waals surface area contributed by atoms with E-state index in [9.17, 15) is 9.59 Å². The summed E-state index contributed by atoms with van der Waals surface area (Å²) in [7, 11) is 0. The van der Waals surface area contributed by atoms with E-state index in [1.807, 2.05) is 32.0 Å². The molecule has 2 aromatic rings. The van der Waals surface area contributed by atoms with E-state index in [0.29, 0.717) is 10.8 Å². The maximum absolute atomic E-state index is 12.1. The Morgan fingerprint density at radius 2 is 1.92 bits per heavy atom. The number of rotatable bonds is 7. The smallest absolute Gasteiger partial charge is 0.347 e. The fourth-order valence-corrected chi connectivity index (χ4v) is 2.60. The quantitative estimate of drug-likeness (QED) is 0.738. The van der Waals surface area contributed by atoms with Crippen LogP contribution in [0.2, 0.25) is 5.02 Å². The predicted molar refractivity (Wildman–Crippen MR) is 102 cm³/mol. The van der Waals surface area contributed by atoms with Gasteiger partial charge in [0, 0.05) is 10.7 Å². The van der Waals surface area contributed by atoms with E-state index in [4.69, 9.17) is 21.1 Å². The molecular formula is C20H22ClNO4. The highest BCUT2D eigenvalue weighted by molar-refractivity contribution is 6.30. The first-order chi connectivity index (χ1) is 12.4. The minimum absolute atomic E-state index is 0.375. The number of carbonyl (C=O) groups is 2. The van der Waals surface area contributed by atoms with Crippen molar-refractivity contribution in [3.05, 3.63) is 58.6 Å². The lowest BCUT2D eigenvalue weighted by molar-refractivity contribution is -0.153. The number of ether oxygens (including phenoxy) is 2. The Balaban J connectivity index is 1.88. The van der Waals surface area contributed by atoms with Gasteiger partial charge >= 0.3 is 5.97 Å². The standard InChI is InChI=1S/C20H22ClNO4/c1-4-15-8-5-7-13(2)19(15)22-18(23)12-25-20(24)14(3)26-17-10-6-9-16(21)11-17/h5-11,14H,4,12H2,1-3H3,(H,22,23). The number of esters is 1. The topological polar surface area (TPSA) is 64.6 Å². The number of hydrogen-bond donors (Lipinski definition) is 1. The van der Waals surface area contributed by atoms with Gasteiger partial charge in [-0.1, -0.05) is 42.8 Å². The number of anilines is 1. The molecule has 5 nitrogen and oxygen atoms in total. The molecule has 0 bridgehead atoms. The van der Waals surface area contributed by atoms with Gasteiger partial charge in [0.2, 0.25) is 0 Å². The van der Waals surface area contributed by atoms with Crippen LogP contribution in [-0.4, -0.2) is 24.6 Å². The fourth-order valence-electron chi connectivity index (χ4n) is 2.42. The van der Waals surface area contributed by atoms with E-state index in [0.717, 1.165) is 23.2 Å². The predicted octanol–water partition coefficient (Wildman–Crippen LogP) is 4.16. The Morgan fingerprint density at radius 1 is 1.19 bits per heavy atom. The molecule has 2 rings (SSSR count). The maximum atomic E-state index is 12.1. The zero-order valence-corrected chi connectivity index (χ0v) is 15.8. The molecule has 0 saturated heterocycles. The molecule has 26 heavy (non-hydrogen) atoms. The molecule has 0 aromatic heterocycles. The van der Waals surface area contributed by atoms with E-state index in [2.05, 4.69) is 5.32 Å². The van der Waals surface area contributed by atoms with Gasteiger partial charge in [0.1, 0.15) is 5.75 Å². The number of halogens is 1. The van der Waals surface area contributed by atoms with Gasteiger partial charge in [-0.2, -0.15) is 0 Å². The van der Waals surface area contributed by atoms with Crippen LogP contribution in [0.25, 0.3) is 0 Å². The minimum Gasteiger partial charge on any atom is -0.479 e. The van der Waals surface area contributed by atoms with Gasteiger partial charge in [-0.05, 0) is 49.6 Å². The third kappa shape index (κ3) is 5.49. The highest BCUT2D eigenvalue weighted by Gasteiger charge is 2.18. The maximum Gasteiger partial charge on any atom is 0.347 e. The van der Waals surface area contributed by atoms with Crippen LogP contribution in [0.15, 0.2) is 42.5 Å². The summed E-state index contributed by atoms with van der Waals surface area (Å²) in [5.74, 6) is -0.558. The van der Waals surface area contributed by atoms with Gasteiger partial charge < -0.3 is 14.8 Å². The molecule has 1 N–H and O–H groups in total. The van der Waals surface area contributed by atoms with Gasteiger partial charge in [0.15, 0.2) is 12.7 Å². The second kappa shape index (κ2) is 9.25. The van der Waals surface area contributed by atoms with Crippen molar-refractivity contribution >= 4 is 29.2 Å². The van der Waals surface area contributed by atoms with Crippen molar-refractivity contribution < 1.29 is 19.1 Å². The Morgan fingerprint density at radius 3 is 2.62 bits per heavy atom. The van der Waals surface area contributed by atoms with Crippen molar-refractivity contribution in [3.63, 3.8) is 0 Å². The van der Waals surface area contributed by atoms with E-state index < -0.39 is 18.0 Å². The molecular weight excluding hydrogens is 354 g/mol. The minimum atomic E-state index is -0.856. The zero-order chi connectivity index (χ0) is 19.1. The molecule has 0 spiro atoms. The average Bonchev–Trinajstić information content (AvgIpc) is 2.61. The van der Waals surface area contributed by atoms with Gasteiger partial charge in [0.05, 0.1) is 0 Å². The molecule has 0 aliphatic carbocycles. The SMILES string of the molecule is CCc1cccc(C)c1NC(=O)COC(=O)C(C)Oc1cccc(Cl)c1. The molecule has 1 amide bonds. The molecule has 0 fully saturated rings. The number of hydrogen-bond acceptors (Lipinski definition) is 4. The largest absolute Gasteiger partial charge is 0.479 e. The van der Waals surface area contributed by atoms with Crippen LogP contribution in [0.4, 0.5) is 5.69 Å². The van der Waals surface area contributed by atoms with Crippen LogP contribution in [0, 0.1) is 6.92 Å². The highest BCUT2D eigenvalue weighted by atomic mass is 35.5. The van der Waals surface area contributed by atoms with E-state index in [-0.39, 0.29) is 6.61 Å². The van der Waals surface area contributed by atoms with Crippen molar-refractivity contribution in [1.29, 1.82) is 0 Å². The van der Waals surface area contributed by atoms with Gasteiger partial charge in [-0.15, -0.1) is 0 Å². The Kier molecular flexibility index (Phi) is 7.04. The van der Waals surface area contributed by atoms with E-state index in [1.165, 1.54) is 0 Å². The second-order valence-corrected chi connectivity index (χ2v) is 6.27. The number of amides is 1. The van der Waals surface area contributed by atoms with Crippen molar-refractivity contribution in [2.75, 3.05) is 11.9 Å². The summed E-state index contributed by atoms with van der Waals surface area (Å²) in [5.41, 5.74) is 2.75. The summed E-state index contributed by atoms with van der Waals surface area (Å²) in [5, 5.41) is 3.31. The molecule has 1 unspecified atom stereocenters. The Bertz CT molecular complexity index is 791. The van der Waals surface area contributed by atoms with E-state index in [1.54, 1.807) is 31.2 Å². The van der Waals surface area contributed by atoms with Gasteiger partial charge in [0.25, 0.3) is 5.91 Å². The summed E-state index contributed by atoms with van der Waals surface area (Å²) in [4.78, 5) is 24.1. The van der Waals surface area contributed by atoms with Crippen LogP contribution in [-0.2, 0) is 20.7 Å². The molecule has 0 aliphatic heterocycles. The number of benzene rings is 2. The van der Waals surface area contributed by atoms with Crippen LogP contribution in [0.3, 0.4) is 0 Å². The van der Waals surface area contributed by atoms with Crippen molar-refractivity contribution in [2.24, 2.45) is 0 Å². The lowest BCUT2D eigenvalue weighted by Gasteiger charge is -2.15. The summed E-state index contributed by atoms with van der Waals surface area (Å²) in [6, 6.07) is 12.5. The van der Waals surface area contributed by atoms with Crippen LogP contribution in [0.1, 0.15) is 25.0 Å². The monoisotopic (exact) mass is 375 g/mol. The third-order valence-corrected chi connectivity index (χ3v) is 4.03. The molecule has 0 aliphatic rings. The lowest BCUT2D eigenvalue weighted by Crippen LogP contribution is -2.30. The van der Waals surface area contributed by atoms with Crippen molar-refractivity contribution in [3.8, 4) is 5.75 Å². The van der Waals surface area contributed by atoms with E-state index >= 15 is 0 Å². The highest BCUT2D eigenvalue weighted by Crippen LogP contribution is 2.21. The lowest BCUT2D eigenvalue weighted by atomic mass is 10.1. The Labute approximate surface area is 158 Å². The van der Waals surface area contributed by atoms with Gasteiger partial charge in [-0.3, -0.25) is 4.79 Å². The van der Waals surface area contributed by atoms with Crippen LogP contribution < -0.4 is 10.1 Å². The number of aryl methyl sites for hydroxylation is 2. The van der Waals surface area contributed by atoms with Crippen molar-refractivity contribution in [2.45, 2.75) is 33.3 Å². The summed E-state index contributed by atoms with van der Waals surface area (Å²) in [6.45, 7) is 5.11. The first-order valence-electron chi connectivity index (χ1n) is 8.38. The second-order valence-electron chi connectivity index (χ2n) is 5.84. The molecule has 0 saturated carbocycles. The summed E-state index contributed by atoms with van der Waals surface area (Å²) >= 11 is 5.88. The number of nitrogens with one attached hydrogen (secondary N) is 1. The molecule has 0 radical (unpaired) electrons. The third-order valence-electron chi connectivity index (χ3n) is 3.79. The molecule has 2 aromatic carbocycles. The molecule has 6 heteroatoms. The molecule has 0 heterocycles.